The van der Waals surface area contributed by atoms with Gasteiger partial charge in [0.1, 0.15) is 0 Å². The number of allylic oxidation sites excluding steroid dienone is 6. The topological polar surface area (TPSA) is 131 Å². The molecule has 0 rings (SSSR count). The fourth-order valence-electron chi connectivity index (χ4n) is 5.49. The van der Waals surface area contributed by atoms with E-state index in [4.69, 9.17) is 14.8 Å². The summed E-state index contributed by atoms with van der Waals surface area (Å²) in [7, 11) is -4.31. The first-order valence-corrected chi connectivity index (χ1v) is 21.1. The standard InChI is InChI=1S/C39H75N2O6P/c1-3-5-7-9-11-13-15-16-17-18-19-20-21-22-23-25-27-29-31-33-39(43)41-37(36-47-48(44,45)46-35-34-40)38(42)32-30-28-26-24-14-12-10-8-6-4-2/h11,13,16-17,19-20,37-38,42H,3-10,12,14-15,18,21-36,40H2,1-2H3,(H,41,43)(H,44,45)/b13-11-,17-16-,20-19-. The van der Waals surface area contributed by atoms with Crippen molar-refractivity contribution in [1.29, 1.82) is 0 Å². The number of nitrogens with one attached hydrogen (secondary N) is 1. The predicted octanol–water partition coefficient (Wildman–Crippen LogP) is 10.4. The summed E-state index contributed by atoms with van der Waals surface area (Å²) >= 11 is 0. The van der Waals surface area contributed by atoms with Gasteiger partial charge >= 0.3 is 7.82 Å². The number of carbonyl (C=O) groups excluding carboxylic acids is 1. The highest BCUT2D eigenvalue weighted by Gasteiger charge is 2.27. The first kappa shape index (κ1) is 46.7. The molecule has 0 bridgehead atoms. The zero-order valence-electron chi connectivity index (χ0n) is 31.0. The van der Waals surface area contributed by atoms with E-state index in [1.165, 1.54) is 83.5 Å². The largest absolute Gasteiger partial charge is 0.472 e. The number of hydrogen-bond donors (Lipinski definition) is 4. The molecular weight excluding hydrogens is 623 g/mol. The van der Waals surface area contributed by atoms with Crippen LogP contribution in [0.15, 0.2) is 36.5 Å². The van der Waals surface area contributed by atoms with E-state index in [-0.39, 0.29) is 25.7 Å². The van der Waals surface area contributed by atoms with Crippen LogP contribution >= 0.6 is 7.82 Å². The number of phosphoric acid groups is 1. The van der Waals surface area contributed by atoms with Crippen LogP contribution in [0.4, 0.5) is 0 Å². The third kappa shape index (κ3) is 33.2. The molecule has 0 aliphatic rings. The molecule has 0 aromatic rings. The zero-order valence-corrected chi connectivity index (χ0v) is 31.9. The first-order valence-electron chi connectivity index (χ1n) is 19.6. The van der Waals surface area contributed by atoms with Crippen molar-refractivity contribution in [1.82, 2.24) is 5.32 Å². The average molecular weight is 699 g/mol. The number of aliphatic hydroxyl groups is 1. The van der Waals surface area contributed by atoms with Gasteiger partial charge in [-0.05, 0) is 51.4 Å². The number of phosphoric ester groups is 1. The molecule has 0 saturated heterocycles. The summed E-state index contributed by atoms with van der Waals surface area (Å²) in [5.74, 6) is -0.177. The molecule has 0 aliphatic heterocycles. The summed E-state index contributed by atoms with van der Waals surface area (Å²) in [6.45, 7) is 4.14. The van der Waals surface area contributed by atoms with Crippen molar-refractivity contribution in [3.63, 3.8) is 0 Å². The second-order valence-electron chi connectivity index (χ2n) is 13.1. The van der Waals surface area contributed by atoms with Gasteiger partial charge in [0.15, 0.2) is 0 Å². The molecule has 0 aromatic heterocycles. The number of carbonyl (C=O) groups is 1. The molecule has 9 heteroatoms. The van der Waals surface area contributed by atoms with Crippen molar-refractivity contribution in [2.24, 2.45) is 5.73 Å². The molecule has 48 heavy (non-hydrogen) atoms. The van der Waals surface area contributed by atoms with Gasteiger partial charge in [0.25, 0.3) is 0 Å². The van der Waals surface area contributed by atoms with Gasteiger partial charge in [0.2, 0.25) is 5.91 Å². The molecular formula is C39H75N2O6P. The highest BCUT2D eigenvalue weighted by Crippen LogP contribution is 2.43. The maximum absolute atomic E-state index is 12.7. The van der Waals surface area contributed by atoms with Crippen molar-refractivity contribution in [3.05, 3.63) is 36.5 Å². The first-order chi connectivity index (χ1) is 23.4. The van der Waals surface area contributed by atoms with Crippen LogP contribution in [0.5, 0.6) is 0 Å². The second-order valence-corrected chi connectivity index (χ2v) is 14.6. The van der Waals surface area contributed by atoms with Gasteiger partial charge in [0, 0.05) is 13.0 Å². The molecule has 5 N–H and O–H groups in total. The van der Waals surface area contributed by atoms with E-state index in [1.807, 2.05) is 0 Å². The van der Waals surface area contributed by atoms with Gasteiger partial charge < -0.3 is 21.1 Å². The molecule has 1 amide bonds. The number of rotatable bonds is 36. The summed E-state index contributed by atoms with van der Waals surface area (Å²) in [5, 5.41) is 13.7. The number of aliphatic hydroxyl groups excluding tert-OH is 1. The van der Waals surface area contributed by atoms with Crippen LogP contribution in [0.1, 0.15) is 174 Å². The maximum atomic E-state index is 12.7. The predicted molar refractivity (Wildman–Crippen MR) is 203 cm³/mol. The molecule has 0 radical (unpaired) electrons. The van der Waals surface area contributed by atoms with Crippen LogP contribution in [-0.4, -0.2) is 47.8 Å². The lowest BCUT2D eigenvalue weighted by molar-refractivity contribution is -0.123. The average Bonchev–Trinajstić information content (AvgIpc) is 3.07. The third-order valence-electron chi connectivity index (χ3n) is 8.50. The van der Waals surface area contributed by atoms with Crippen LogP contribution in [0.2, 0.25) is 0 Å². The second kappa shape index (κ2) is 35.5. The van der Waals surface area contributed by atoms with Crippen LogP contribution in [-0.2, 0) is 18.4 Å². The molecule has 0 aromatic carbocycles. The smallest absolute Gasteiger partial charge is 0.391 e. The summed E-state index contributed by atoms with van der Waals surface area (Å²) < 4.78 is 22.1. The maximum Gasteiger partial charge on any atom is 0.472 e. The highest BCUT2D eigenvalue weighted by molar-refractivity contribution is 7.47. The fraction of sp³-hybridized carbons (Fsp3) is 0.821. The molecule has 0 fully saturated rings. The summed E-state index contributed by atoms with van der Waals surface area (Å²) in [4.78, 5) is 22.6. The molecule has 3 unspecified atom stereocenters. The summed E-state index contributed by atoms with van der Waals surface area (Å²) in [6.07, 6.45) is 40.0. The van der Waals surface area contributed by atoms with Crippen LogP contribution in [0, 0.1) is 0 Å². The summed E-state index contributed by atoms with van der Waals surface area (Å²) in [6, 6.07) is -0.779. The van der Waals surface area contributed by atoms with Crippen molar-refractivity contribution in [2.75, 3.05) is 19.8 Å². The minimum atomic E-state index is -4.31. The van der Waals surface area contributed by atoms with Crippen molar-refractivity contribution in [3.8, 4) is 0 Å². The lowest BCUT2D eigenvalue weighted by atomic mass is 10.0. The Kier molecular flexibility index (Phi) is 34.6. The minimum absolute atomic E-state index is 0.0854. The van der Waals surface area contributed by atoms with Crippen molar-refractivity contribution >= 4 is 13.7 Å². The van der Waals surface area contributed by atoms with Crippen molar-refractivity contribution < 1.29 is 28.4 Å². The van der Waals surface area contributed by atoms with Crippen LogP contribution in [0.3, 0.4) is 0 Å². The summed E-state index contributed by atoms with van der Waals surface area (Å²) in [5.41, 5.74) is 5.36. The lowest BCUT2D eigenvalue weighted by Crippen LogP contribution is -2.46. The van der Waals surface area contributed by atoms with Gasteiger partial charge in [-0.25, -0.2) is 4.57 Å². The van der Waals surface area contributed by atoms with Crippen molar-refractivity contribution in [2.45, 2.75) is 187 Å². The Bertz CT molecular complexity index is 850. The van der Waals surface area contributed by atoms with Gasteiger partial charge in [-0.15, -0.1) is 0 Å². The molecule has 0 spiro atoms. The number of unbranched alkanes of at least 4 members (excludes halogenated alkanes) is 18. The monoisotopic (exact) mass is 699 g/mol. The van der Waals surface area contributed by atoms with Gasteiger partial charge in [-0.1, -0.05) is 153 Å². The van der Waals surface area contributed by atoms with E-state index in [9.17, 15) is 19.4 Å². The Balaban J connectivity index is 4.21. The van der Waals surface area contributed by atoms with Gasteiger partial charge in [-0.3, -0.25) is 13.8 Å². The highest BCUT2D eigenvalue weighted by atomic mass is 31.2. The Morgan fingerprint density at radius 3 is 1.71 bits per heavy atom. The Morgan fingerprint density at radius 1 is 0.688 bits per heavy atom. The Morgan fingerprint density at radius 2 is 1.15 bits per heavy atom. The molecule has 0 saturated carbocycles. The molecule has 0 heterocycles. The number of amides is 1. The lowest BCUT2D eigenvalue weighted by Gasteiger charge is -2.25. The van der Waals surface area contributed by atoms with Gasteiger partial charge in [-0.2, -0.15) is 0 Å². The van der Waals surface area contributed by atoms with Crippen LogP contribution < -0.4 is 11.1 Å². The van der Waals surface area contributed by atoms with E-state index >= 15 is 0 Å². The SMILES string of the molecule is CCCCC/C=C\C/C=C\C/C=C\CCCCCCCCC(=O)NC(COP(=O)(O)OCCN)C(O)CCCCCCCCCCCC. The Hall–Kier alpha value is -1.28. The molecule has 8 nitrogen and oxygen atoms in total. The van der Waals surface area contributed by atoms with E-state index in [0.29, 0.717) is 12.8 Å². The third-order valence-corrected chi connectivity index (χ3v) is 9.48. The van der Waals surface area contributed by atoms with E-state index in [2.05, 4.69) is 55.6 Å². The van der Waals surface area contributed by atoms with E-state index in [1.54, 1.807) is 0 Å². The fourth-order valence-corrected chi connectivity index (χ4v) is 6.25. The molecule has 0 aliphatic carbocycles. The van der Waals surface area contributed by atoms with Gasteiger partial charge in [0.05, 0.1) is 25.4 Å². The van der Waals surface area contributed by atoms with Crippen LogP contribution in [0.25, 0.3) is 0 Å². The van der Waals surface area contributed by atoms with E-state index < -0.39 is 20.0 Å². The number of hydrogen-bond acceptors (Lipinski definition) is 6. The number of nitrogens with two attached hydrogens (primary N) is 1. The zero-order chi connectivity index (χ0) is 35.4. The quantitative estimate of drug-likeness (QED) is 0.0291. The minimum Gasteiger partial charge on any atom is -0.391 e. The molecule has 282 valence electrons. The van der Waals surface area contributed by atoms with E-state index in [0.717, 1.165) is 64.2 Å². The normalized spacial score (nSPS) is 14.7. The molecule has 3 atom stereocenters. The Labute approximate surface area is 295 Å².